The first kappa shape index (κ1) is 94.2. The summed E-state index contributed by atoms with van der Waals surface area (Å²) in [5.41, 5.74) is 0. The Morgan fingerprint density at radius 1 is 0.353 bits per heavy atom. The average molecular weight is 1460 g/mol. The van der Waals surface area contributed by atoms with Gasteiger partial charge in [-0.15, -0.1) is 0 Å². The van der Waals surface area contributed by atoms with Gasteiger partial charge in [0.25, 0.3) is 0 Å². The van der Waals surface area contributed by atoms with Crippen molar-refractivity contribution in [3.8, 4) is 0 Å². The third-order valence-corrected chi connectivity index (χ3v) is 21.2. The highest BCUT2D eigenvalue weighted by Gasteiger charge is 2.54. The molecular weight excluding hydrogens is 1300 g/mol. The van der Waals surface area contributed by atoms with Gasteiger partial charge >= 0.3 is 0 Å². The van der Waals surface area contributed by atoms with Crippen molar-refractivity contribution >= 4 is 5.91 Å². The van der Waals surface area contributed by atoms with E-state index in [1.54, 1.807) is 6.08 Å². The Kier molecular flexibility index (Phi) is 59.0. The third-order valence-electron chi connectivity index (χ3n) is 21.2. The second-order valence-corrected chi connectivity index (χ2v) is 30.3. The summed E-state index contributed by atoms with van der Waals surface area (Å²) < 4.78 is 34.5. The molecule has 12 N–H and O–H groups in total. The quantitative estimate of drug-likeness (QED) is 0.0199. The molecule has 0 aromatic heterocycles. The zero-order valence-corrected chi connectivity index (χ0v) is 64.4. The molecule has 0 spiro atoms. The molecule has 102 heavy (non-hydrogen) atoms. The van der Waals surface area contributed by atoms with E-state index in [2.05, 4.69) is 43.5 Å². The molecule has 3 aliphatic heterocycles. The molecule has 3 heterocycles. The predicted molar refractivity (Wildman–Crippen MR) is 406 cm³/mol. The van der Waals surface area contributed by atoms with Crippen molar-refractivity contribution in [2.24, 2.45) is 0 Å². The van der Waals surface area contributed by atoms with Crippen LogP contribution in [0.4, 0.5) is 0 Å². The Labute approximate surface area is 619 Å². The summed E-state index contributed by atoms with van der Waals surface area (Å²) in [7, 11) is 0. The molecule has 3 fully saturated rings. The molecule has 1 amide bonds. The molecule has 0 aromatic carbocycles. The van der Waals surface area contributed by atoms with Crippen LogP contribution in [0.1, 0.15) is 354 Å². The van der Waals surface area contributed by atoms with Crippen LogP contribution in [0, 0.1) is 0 Å². The fourth-order valence-corrected chi connectivity index (χ4v) is 14.4. The minimum Gasteiger partial charge on any atom is -0.394 e. The van der Waals surface area contributed by atoms with E-state index in [1.807, 2.05) is 6.08 Å². The minimum atomic E-state index is -1.98. The molecule has 19 nitrogen and oxygen atoms in total. The number of rotatable bonds is 68. The fourth-order valence-electron chi connectivity index (χ4n) is 14.4. The smallest absolute Gasteiger partial charge is 0.220 e. The number of aliphatic hydroxyl groups is 11. The number of ether oxygens (including phenoxy) is 6. The Morgan fingerprint density at radius 3 is 1.00 bits per heavy atom. The lowest BCUT2D eigenvalue weighted by molar-refractivity contribution is -0.379. The molecule has 3 aliphatic rings. The Bertz CT molecular complexity index is 1980. The standard InChI is InChI=1S/C83H155NO18/c1-3-5-7-9-11-13-15-17-19-21-23-24-25-26-27-28-29-30-31-32-33-34-35-36-37-38-39-40-41-42-43-45-47-49-51-53-55-57-59-61-71(89)84-66(67(88)60-58-56-54-52-50-48-46-44-22-20-18-16-14-12-10-8-6-4-2)65-97-81-77(95)74(92)79(69(63-86)99-81)102-83-78(96)75(93)80(70(64-87)100-83)101-82-76(94)73(91)72(90)68(62-85)98-82/h15,17,21,23,58,60,66-70,72-83,85-88,90-96H,3-14,16,18-20,22,24-57,59,61-65H2,1-2H3,(H,84,89)/b17-15-,23-21-,60-58+. The van der Waals surface area contributed by atoms with Crippen LogP contribution in [-0.2, 0) is 33.2 Å². The van der Waals surface area contributed by atoms with Gasteiger partial charge in [0.05, 0.1) is 38.6 Å². The van der Waals surface area contributed by atoms with Crippen LogP contribution in [0.15, 0.2) is 36.5 Å². The van der Waals surface area contributed by atoms with Gasteiger partial charge < -0.3 is 89.9 Å². The van der Waals surface area contributed by atoms with E-state index in [0.29, 0.717) is 6.42 Å². The Balaban J connectivity index is 1.30. The molecule has 600 valence electrons. The third kappa shape index (κ3) is 43.3. The lowest BCUT2D eigenvalue weighted by atomic mass is 9.96. The molecule has 0 aliphatic carbocycles. The van der Waals surface area contributed by atoms with Gasteiger partial charge in [-0.3, -0.25) is 4.79 Å². The normalized spacial score (nSPS) is 26.3. The second-order valence-electron chi connectivity index (χ2n) is 30.3. The summed E-state index contributed by atoms with van der Waals surface area (Å²) in [6.07, 6.45) is 53.0. The van der Waals surface area contributed by atoms with Crippen LogP contribution in [0.2, 0.25) is 0 Å². The van der Waals surface area contributed by atoms with Gasteiger partial charge in [0.15, 0.2) is 18.9 Å². The highest BCUT2D eigenvalue weighted by molar-refractivity contribution is 5.76. The Hall–Kier alpha value is -1.99. The number of amides is 1. The van der Waals surface area contributed by atoms with Crippen molar-refractivity contribution in [2.75, 3.05) is 26.4 Å². The molecule has 0 saturated carbocycles. The van der Waals surface area contributed by atoms with Crippen molar-refractivity contribution in [3.63, 3.8) is 0 Å². The van der Waals surface area contributed by atoms with Crippen molar-refractivity contribution in [3.05, 3.63) is 36.5 Å². The summed E-state index contributed by atoms with van der Waals surface area (Å²) in [5.74, 6) is -0.268. The maximum atomic E-state index is 13.5. The summed E-state index contributed by atoms with van der Waals surface area (Å²) >= 11 is 0. The molecule has 3 rings (SSSR count). The van der Waals surface area contributed by atoms with E-state index in [4.69, 9.17) is 28.4 Å². The van der Waals surface area contributed by atoms with Crippen molar-refractivity contribution in [1.29, 1.82) is 0 Å². The van der Waals surface area contributed by atoms with Crippen molar-refractivity contribution < 1.29 is 89.4 Å². The average Bonchev–Trinajstić information content (AvgIpc) is 0.781. The monoisotopic (exact) mass is 1450 g/mol. The first-order valence-electron chi connectivity index (χ1n) is 42.2. The zero-order chi connectivity index (χ0) is 73.9. The largest absolute Gasteiger partial charge is 0.394 e. The topological polar surface area (TPSA) is 307 Å². The van der Waals surface area contributed by atoms with Gasteiger partial charge in [-0.05, 0) is 51.4 Å². The van der Waals surface area contributed by atoms with Crippen LogP contribution in [0.3, 0.4) is 0 Å². The number of allylic oxidation sites excluding steroid dienone is 5. The SMILES string of the molecule is CCCCCCC/C=C\C/C=C\CCCCCCCCCCCCCCCCCCCCCCCCCCCCCC(=O)NC(COC1OC(CO)C(OC2OC(CO)C(OC3OC(CO)C(O)C(O)C3O)C(O)C2O)C(O)C1O)C(O)/C=C/CCCCCCCCCCCCCCCCCC. The zero-order valence-electron chi connectivity index (χ0n) is 64.4. The van der Waals surface area contributed by atoms with E-state index in [9.17, 15) is 61.0 Å². The molecule has 0 aromatic rings. The number of carbonyl (C=O) groups is 1. The van der Waals surface area contributed by atoms with E-state index in [0.717, 1.165) is 51.4 Å². The van der Waals surface area contributed by atoms with Crippen LogP contribution in [0.25, 0.3) is 0 Å². The van der Waals surface area contributed by atoms with Crippen molar-refractivity contribution in [1.82, 2.24) is 5.32 Å². The highest BCUT2D eigenvalue weighted by Crippen LogP contribution is 2.33. The number of nitrogens with one attached hydrogen (secondary N) is 1. The molecule has 3 saturated heterocycles. The molecule has 0 radical (unpaired) electrons. The highest BCUT2D eigenvalue weighted by atomic mass is 16.8. The van der Waals surface area contributed by atoms with Crippen LogP contribution in [-0.4, -0.2) is 193 Å². The van der Waals surface area contributed by atoms with Gasteiger partial charge in [0.2, 0.25) is 5.91 Å². The van der Waals surface area contributed by atoms with Gasteiger partial charge in [0, 0.05) is 6.42 Å². The van der Waals surface area contributed by atoms with Gasteiger partial charge in [0.1, 0.15) is 73.2 Å². The van der Waals surface area contributed by atoms with Crippen LogP contribution >= 0.6 is 0 Å². The van der Waals surface area contributed by atoms with E-state index >= 15 is 0 Å². The second kappa shape index (κ2) is 63.9. The number of hydrogen-bond acceptors (Lipinski definition) is 18. The molecule has 17 atom stereocenters. The lowest BCUT2D eigenvalue weighted by Crippen LogP contribution is -2.66. The minimum absolute atomic E-state index is 0.248. The molecular formula is C83H155NO18. The number of aliphatic hydroxyl groups excluding tert-OH is 11. The lowest BCUT2D eigenvalue weighted by Gasteiger charge is -2.48. The Morgan fingerprint density at radius 2 is 0.647 bits per heavy atom. The summed E-state index contributed by atoms with van der Waals surface area (Å²) in [6.45, 7) is 1.77. The summed E-state index contributed by atoms with van der Waals surface area (Å²) in [5, 5.41) is 121. The van der Waals surface area contributed by atoms with Crippen LogP contribution in [0.5, 0.6) is 0 Å². The van der Waals surface area contributed by atoms with E-state index in [1.165, 1.54) is 276 Å². The number of hydrogen-bond donors (Lipinski definition) is 12. The first-order chi connectivity index (χ1) is 49.8. The fraction of sp³-hybridized carbons (Fsp3) is 0.916. The summed E-state index contributed by atoms with van der Waals surface area (Å²) in [4.78, 5) is 13.5. The van der Waals surface area contributed by atoms with E-state index < -0.39 is 124 Å². The van der Waals surface area contributed by atoms with E-state index in [-0.39, 0.29) is 18.9 Å². The van der Waals surface area contributed by atoms with Crippen molar-refractivity contribution in [2.45, 2.75) is 458 Å². The number of carbonyl (C=O) groups excluding carboxylic acids is 1. The van der Waals surface area contributed by atoms with Gasteiger partial charge in [-0.1, -0.05) is 333 Å². The van der Waals surface area contributed by atoms with Gasteiger partial charge in [-0.2, -0.15) is 0 Å². The molecule has 19 heteroatoms. The predicted octanol–water partition coefficient (Wildman–Crippen LogP) is 14.7. The maximum Gasteiger partial charge on any atom is 0.220 e. The first-order valence-corrected chi connectivity index (χ1v) is 42.2. The number of unbranched alkanes of at least 4 members (excludes halogenated alkanes) is 48. The van der Waals surface area contributed by atoms with Gasteiger partial charge in [-0.25, -0.2) is 0 Å². The summed E-state index contributed by atoms with van der Waals surface area (Å²) in [6, 6.07) is -0.972. The van der Waals surface area contributed by atoms with Crippen LogP contribution < -0.4 is 5.32 Å². The molecule has 0 bridgehead atoms. The maximum absolute atomic E-state index is 13.5. The molecule has 17 unspecified atom stereocenters.